The van der Waals surface area contributed by atoms with E-state index in [4.69, 9.17) is 44.3 Å². The van der Waals surface area contributed by atoms with Gasteiger partial charge in [0.2, 0.25) is 9.17 Å². The Morgan fingerprint density at radius 3 is 2.39 bits per heavy atom. The summed E-state index contributed by atoms with van der Waals surface area (Å²) in [6.45, 7) is 2.29. The van der Waals surface area contributed by atoms with Gasteiger partial charge in [-0.1, -0.05) is 34.8 Å². The molecule has 2 aliphatic rings. The van der Waals surface area contributed by atoms with Crippen LogP contribution >= 0.6 is 34.8 Å². The minimum absolute atomic E-state index is 0.114. The van der Waals surface area contributed by atoms with E-state index in [0.717, 1.165) is 4.90 Å². The summed E-state index contributed by atoms with van der Waals surface area (Å²) in [7, 11) is 0. The number of nitrogens with one attached hydrogen (secondary N) is 1. The first-order valence-electron chi connectivity index (χ1n) is 9.37. The normalized spacial score (nSPS) is 25.6. The van der Waals surface area contributed by atoms with Gasteiger partial charge >= 0.3 is 12.1 Å². The van der Waals surface area contributed by atoms with Crippen LogP contribution in [-0.2, 0) is 36.8 Å². The van der Waals surface area contributed by atoms with Crippen molar-refractivity contribution in [3.05, 3.63) is 39.9 Å². The molecular weight excluding hydrogens is 525 g/mol. The third-order valence-electron chi connectivity index (χ3n) is 5.15. The van der Waals surface area contributed by atoms with Crippen LogP contribution in [0.1, 0.15) is 19.4 Å². The number of fused-ring (bicyclic) bond motifs is 1. The first kappa shape index (κ1) is 25.6. The number of nitro benzene ring substituents is 1. The van der Waals surface area contributed by atoms with Crippen molar-refractivity contribution in [1.82, 2.24) is 10.2 Å². The average Bonchev–Trinajstić information content (AvgIpc) is 2.92. The Morgan fingerprint density at radius 1 is 1.24 bits per heavy atom. The summed E-state index contributed by atoms with van der Waals surface area (Å²) in [5.41, 5.74) is 0.372. The molecule has 1 aromatic rings. The van der Waals surface area contributed by atoms with Gasteiger partial charge < -0.3 is 19.3 Å². The van der Waals surface area contributed by atoms with Crippen LogP contribution < -0.4 is 5.32 Å². The highest BCUT2D eigenvalue weighted by Crippen LogP contribution is 2.46. The van der Waals surface area contributed by atoms with Gasteiger partial charge in [-0.2, -0.15) is 0 Å². The van der Waals surface area contributed by atoms with Crippen LogP contribution in [0.3, 0.4) is 0 Å². The Kier molecular flexibility index (Phi) is 7.25. The number of hydrogen-bond acceptors (Lipinski definition) is 8. The number of non-ortho nitro benzene ring substituents is 1. The first-order valence-corrected chi connectivity index (χ1v) is 11.7. The molecule has 180 valence electrons. The standard InChI is InChI=1S/C18H18Cl3N3O8S/c1-17(2)12(15(26)32-8-18(19,20)21)23-13(25)11(14(23)33(17)30)22-16(27)31-7-9-3-5-10(6-4-9)24(28)29/h3-6,11-12,14H,7-8H2,1-2H3,(H,22,27)/t11-,12+,14-,33?/m1/s1. The van der Waals surface area contributed by atoms with E-state index in [-0.39, 0.29) is 12.3 Å². The van der Waals surface area contributed by atoms with Crippen molar-refractivity contribution in [2.24, 2.45) is 0 Å². The lowest BCUT2D eigenvalue weighted by molar-refractivity contribution is -0.384. The number of amides is 2. The van der Waals surface area contributed by atoms with Crippen LogP contribution in [0.15, 0.2) is 24.3 Å². The Bertz CT molecular complexity index is 972. The summed E-state index contributed by atoms with van der Waals surface area (Å²) in [4.78, 5) is 48.6. The fraction of sp³-hybridized carbons (Fsp3) is 0.500. The number of nitrogens with zero attached hydrogens (tertiary/aromatic N) is 2. The molecule has 3 rings (SSSR count). The zero-order chi connectivity index (χ0) is 24.7. The van der Waals surface area contributed by atoms with Crippen molar-refractivity contribution in [2.75, 3.05) is 6.61 Å². The zero-order valence-electron chi connectivity index (χ0n) is 17.2. The molecule has 0 radical (unpaired) electrons. The monoisotopic (exact) mass is 541 g/mol. The molecule has 0 spiro atoms. The average molecular weight is 543 g/mol. The summed E-state index contributed by atoms with van der Waals surface area (Å²) in [6.07, 6.45) is -0.955. The maximum Gasteiger partial charge on any atom is 0.408 e. The third kappa shape index (κ3) is 5.24. The smallest absolute Gasteiger partial charge is 0.408 e. The van der Waals surface area contributed by atoms with E-state index in [1.165, 1.54) is 38.1 Å². The van der Waals surface area contributed by atoms with Crippen LogP contribution in [0, 0.1) is 10.1 Å². The van der Waals surface area contributed by atoms with Gasteiger partial charge in [0.1, 0.15) is 13.2 Å². The molecule has 0 aliphatic carbocycles. The lowest BCUT2D eigenvalue weighted by Gasteiger charge is -2.41. The maximum absolute atomic E-state index is 13.0. The second kappa shape index (κ2) is 9.34. The van der Waals surface area contributed by atoms with E-state index >= 15 is 0 Å². The molecule has 33 heavy (non-hydrogen) atoms. The Morgan fingerprint density at radius 2 is 1.85 bits per heavy atom. The number of alkyl carbamates (subject to hydrolysis) is 1. The Hall–Kier alpha value is -1.99. The maximum atomic E-state index is 13.0. The van der Waals surface area contributed by atoms with Gasteiger partial charge in [0, 0.05) is 12.1 Å². The summed E-state index contributed by atoms with van der Waals surface area (Å²) in [6, 6.07) is 3.00. The van der Waals surface area contributed by atoms with Crippen molar-refractivity contribution >= 4 is 69.6 Å². The fourth-order valence-electron chi connectivity index (χ4n) is 3.54. The van der Waals surface area contributed by atoms with Crippen molar-refractivity contribution in [2.45, 2.75) is 46.5 Å². The number of hydrogen-bond donors (Lipinski definition) is 1. The third-order valence-corrected chi connectivity index (χ3v) is 7.67. The first-order chi connectivity index (χ1) is 15.2. The summed E-state index contributed by atoms with van der Waals surface area (Å²) in [5.74, 6) is -1.52. The van der Waals surface area contributed by atoms with Gasteiger partial charge in [-0.05, 0) is 42.7 Å². The highest BCUT2D eigenvalue weighted by atomic mass is 35.6. The predicted octanol–water partition coefficient (Wildman–Crippen LogP) is 2.18. The molecule has 15 heteroatoms. The summed E-state index contributed by atoms with van der Waals surface area (Å²) >= 11 is 15.0. The molecule has 4 atom stereocenters. The second-order valence-electron chi connectivity index (χ2n) is 7.78. The minimum atomic E-state index is -1.85. The largest absolute Gasteiger partial charge is 0.614 e. The van der Waals surface area contributed by atoms with Crippen molar-refractivity contribution in [3.63, 3.8) is 0 Å². The van der Waals surface area contributed by atoms with Crippen LogP contribution in [0.2, 0.25) is 0 Å². The van der Waals surface area contributed by atoms with E-state index in [9.17, 15) is 29.1 Å². The van der Waals surface area contributed by atoms with Gasteiger partial charge in [0.25, 0.3) is 11.6 Å². The minimum Gasteiger partial charge on any atom is -0.614 e. The van der Waals surface area contributed by atoms with Crippen LogP contribution in [0.5, 0.6) is 0 Å². The molecular formula is C18H18Cl3N3O8S. The van der Waals surface area contributed by atoms with E-state index in [2.05, 4.69) is 5.32 Å². The highest BCUT2D eigenvalue weighted by Gasteiger charge is 2.73. The van der Waals surface area contributed by atoms with E-state index in [1.54, 1.807) is 0 Å². The molecule has 2 amide bonds. The quantitative estimate of drug-likeness (QED) is 0.143. The number of carbonyl (C=O) groups excluding carboxylic acids is 3. The van der Waals surface area contributed by atoms with E-state index in [0.29, 0.717) is 5.56 Å². The van der Waals surface area contributed by atoms with Crippen molar-refractivity contribution in [3.8, 4) is 0 Å². The lowest BCUT2D eigenvalue weighted by Crippen LogP contribution is -2.72. The molecule has 2 aliphatic heterocycles. The summed E-state index contributed by atoms with van der Waals surface area (Å²) in [5, 5.41) is 12.1. The molecule has 0 aromatic heterocycles. The zero-order valence-corrected chi connectivity index (χ0v) is 20.2. The number of ether oxygens (including phenoxy) is 2. The van der Waals surface area contributed by atoms with Gasteiger partial charge in [-0.25, -0.2) is 9.59 Å². The second-order valence-corrected chi connectivity index (χ2v) is 12.4. The van der Waals surface area contributed by atoms with Gasteiger partial charge in [-0.3, -0.25) is 19.8 Å². The van der Waals surface area contributed by atoms with Gasteiger partial charge in [0.05, 0.1) is 4.92 Å². The molecule has 1 N–H and O–H groups in total. The predicted molar refractivity (Wildman–Crippen MR) is 118 cm³/mol. The Labute approximate surface area is 205 Å². The van der Waals surface area contributed by atoms with Crippen LogP contribution in [0.25, 0.3) is 0 Å². The lowest BCUT2D eigenvalue weighted by atomic mass is 9.96. The molecule has 2 saturated heterocycles. The van der Waals surface area contributed by atoms with Crippen LogP contribution in [0.4, 0.5) is 10.5 Å². The number of carbonyl (C=O) groups is 3. The van der Waals surface area contributed by atoms with E-state index in [1.807, 2.05) is 0 Å². The summed E-state index contributed by atoms with van der Waals surface area (Å²) < 4.78 is 20.0. The number of esters is 1. The molecule has 11 nitrogen and oxygen atoms in total. The van der Waals surface area contributed by atoms with Gasteiger partial charge in [0.15, 0.2) is 16.8 Å². The number of alkyl halides is 3. The molecule has 2 heterocycles. The molecule has 1 unspecified atom stereocenters. The molecule has 0 bridgehead atoms. The number of halogens is 3. The highest BCUT2D eigenvalue weighted by molar-refractivity contribution is 7.94. The molecule has 1 aromatic carbocycles. The van der Waals surface area contributed by atoms with Crippen molar-refractivity contribution < 1.29 is 33.3 Å². The molecule has 0 saturated carbocycles. The topological polar surface area (TPSA) is 151 Å². The number of benzene rings is 1. The van der Waals surface area contributed by atoms with Crippen LogP contribution in [-0.4, -0.2) is 64.9 Å². The molecule has 2 fully saturated rings. The van der Waals surface area contributed by atoms with Gasteiger partial charge in [-0.15, -0.1) is 0 Å². The van der Waals surface area contributed by atoms with E-state index < -0.39 is 66.7 Å². The number of nitro groups is 1. The fourth-order valence-corrected chi connectivity index (χ4v) is 5.62. The Balaban J connectivity index is 1.61. The number of β-lactam (4-membered cyclic amide) rings is 1. The van der Waals surface area contributed by atoms with Crippen molar-refractivity contribution in [1.29, 1.82) is 0 Å². The number of rotatable bonds is 6. The SMILES string of the molecule is CC1(C)[C@H](C(=O)OCC(Cl)(Cl)Cl)N2C(=O)[C@@H](NC(=O)OCc3ccc([N+](=O)[O-])cc3)[C@H]2[S+]1[O-].